The minimum atomic E-state index is -0.249. The summed E-state index contributed by atoms with van der Waals surface area (Å²) in [6.07, 6.45) is 0.267. The molecule has 0 aliphatic heterocycles. The fraction of sp³-hybridized carbons (Fsp3) is 0.429. The lowest BCUT2D eigenvalue weighted by Gasteiger charge is -2.20. The van der Waals surface area contributed by atoms with E-state index in [4.69, 9.17) is 0 Å². The zero-order valence-corrected chi connectivity index (χ0v) is 12.4. The van der Waals surface area contributed by atoms with Crippen molar-refractivity contribution in [3.8, 4) is 0 Å². The number of nitrogens with one attached hydrogen (secondary N) is 2. The Morgan fingerprint density at radius 1 is 1.26 bits per heavy atom. The maximum atomic E-state index is 11.8. The van der Waals surface area contributed by atoms with Crippen molar-refractivity contribution in [1.29, 1.82) is 0 Å². The summed E-state index contributed by atoms with van der Waals surface area (Å²) < 4.78 is 0. The Hall–Kier alpha value is -1.49. The van der Waals surface area contributed by atoms with Gasteiger partial charge in [-0.3, -0.25) is 9.59 Å². The zero-order chi connectivity index (χ0) is 14.5. The van der Waals surface area contributed by atoms with Crippen molar-refractivity contribution in [1.82, 2.24) is 10.6 Å². The van der Waals surface area contributed by atoms with Crippen LogP contribution in [0.25, 0.3) is 0 Å². The van der Waals surface area contributed by atoms with Gasteiger partial charge in [-0.25, -0.2) is 0 Å². The number of carbonyl (C=O) groups excluding carboxylic acids is 2. The molecule has 0 saturated carbocycles. The molecule has 0 unspecified atom stereocenters. The molecule has 0 fully saturated rings. The van der Waals surface area contributed by atoms with Gasteiger partial charge in [-0.1, -0.05) is 6.07 Å². The Bertz CT molecular complexity index is 467. The van der Waals surface area contributed by atoms with Gasteiger partial charge in [0.1, 0.15) is 0 Å². The minimum absolute atomic E-state index is 0.0734. The first-order valence-corrected chi connectivity index (χ1v) is 6.61. The lowest BCUT2D eigenvalue weighted by Crippen LogP contribution is -2.41. The van der Waals surface area contributed by atoms with E-state index >= 15 is 0 Å². The summed E-state index contributed by atoms with van der Waals surface area (Å²) in [7, 11) is 0. The SMILES string of the molecule is CC(C)(C)NC(=O)CCNC(=O)c1cccc(S)c1. The van der Waals surface area contributed by atoms with Gasteiger partial charge in [-0.05, 0) is 39.0 Å². The maximum Gasteiger partial charge on any atom is 0.251 e. The molecule has 1 rings (SSSR count). The first-order chi connectivity index (χ1) is 8.78. The van der Waals surface area contributed by atoms with Crippen molar-refractivity contribution < 1.29 is 9.59 Å². The van der Waals surface area contributed by atoms with Crippen LogP contribution in [0.5, 0.6) is 0 Å². The molecule has 19 heavy (non-hydrogen) atoms. The Morgan fingerprint density at radius 2 is 1.95 bits per heavy atom. The summed E-state index contributed by atoms with van der Waals surface area (Å²) in [5.41, 5.74) is 0.297. The quantitative estimate of drug-likeness (QED) is 0.739. The molecule has 0 saturated heterocycles. The predicted molar refractivity (Wildman–Crippen MR) is 78.5 cm³/mol. The standard InChI is InChI=1S/C14H20N2O2S/c1-14(2,3)16-12(17)7-8-15-13(18)10-5-4-6-11(19)9-10/h4-6,9,19H,7-8H2,1-3H3,(H,15,18)(H,16,17). The van der Waals surface area contributed by atoms with Crippen LogP contribution >= 0.6 is 12.6 Å². The van der Waals surface area contributed by atoms with E-state index in [-0.39, 0.29) is 23.8 Å². The molecule has 0 atom stereocenters. The molecule has 0 radical (unpaired) electrons. The van der Waals surface area contributed by atoms with E-state index in [0.29, 0.717) is 12.1 Å². The molecule has 0 aliphatic rings. The number of thiol groups is 1. The lowest BCUT2D eigenvalue weighted by molar-refractivity contribution is -0.122. The minimum Gasteiger partial charge on any atom is -0.352 e. The molecule has 2 N–H and O–H groups in total. The Morgan fingerprint density at radius 3 is 2.53 bits per heavy atom. The van der Waals surface area contributed by atoms with Gasteiger partial charge in [0.05, 0.1) is 0 Å². The predicted octanol–water partition coefficient (Wildman–Crippen LogP) is 2.01. The van der Waals surface area contributed by atoms with Crippen molar-refractivity contribution in [2.75, 3.05) is 6.54 Å². The largest absolute Gasteiger partial charge is 0.352 e. The van der Waals surface area contributed by atoms with E-state index in [0.717, 1.165) is 4.90 Å². The molecule has 0 spiro atoms. The van der Waals surface area contributed by atoms with Gasteiger partial charge in [0, 0.05) is 29.0 Å². The highest BCUT2D eigenvalue weighted by Crippen LogP contribution is 2.08. The molecule has 2 amide bonds. The van der Waals surface area contributed by atoms with Crippen molar-refractivity contribution in [3.63, 3.8) is 0 Å². The Balaban J connectivity index is 2.37. The van der Waals surface area contributed by atoms with Gasteiger partial charge < -0.3 is 10.6 Å². The summed E-state index contributed by atoms with van der Waals surface area (Å²) in [4.78, 5) is 24.1. The summed E-state index contributed by atoms with van der Waals surface area (Å²) in [6, 6.07) is 6.97. The van der Waals surface area contributed by atoms with Crippen LogP contribution in [0, 0.1) is 0 Å². The molecular formula is C14H20N2O2S. The van der Waals surface area contributed by atoms with Crippen LogP contribution in [0.3, 0.4) is 0 Å². The van der Waals surface area contributed by atoms with Gasteiger partial charge in [0.15, 0.2) is 0 Å². The van der Waals surface area contributed by atoms with Crippen LogP contribution in [0.15, 0.2) is 29.2 Å². The first kappa shape index (κ1) is 15.6. The fourth-order valence-corrected chi connectivity index (χ4v) is 1.74. The number of amides is 2. The number of carbonyl (C=O) groups is 2. The normalized spacial score (nSPS) is 10.9. The molecular weight excluding hydrogens is 260 g/mol. The average Bonchev–Trinajstić information content (AvgIpc) is 2.26. The molecule has 5 heteroatoms. The molecule has 0 bridgehead atoms. The Kier molecular flexibility index (Phi) is 5.42. The highest BCUT2D eigenvalue weighted by Gasteiger charge is 2.13. The maximum absolute atomic E-state index is 11.8. The Labute approximate surface area is 119 Å². The van der Waals surface area contributed by atoms with Gasteiger partial charge in [-0.15, -0.1) is 12.6 Å². The van der Waals surface area contributed by atoms with Crippen LogP contribution in [-0.2, 0) is 4.79 Å². The second kappa shape index (κ2) is 6.61. The lowest BCUT2D eigenvalue weighted by atomic mass is 10.1. The number of hydrogen-bond acceptors (Lipinski definition) is 3. The number of benzene rings is 1. The third-order valence-corrected chi connectivity index (χ3v) is 2.54. The van der Waals surface area contributed by atoms with Crippen LogP contribution < -0.4 is 10.6 Å². The van der Waals surface area contributed by atoms with Crippen LogP contribution in [-0.4, -0.2) is 23.9 Å². The van der Waals surface area contributed by atoms with Crippen molar-refractivity contribution >= 4 is 24.4 Å². The summed E-state index contributed by atoms with van der Waals surface area (Å²) >= 11 is 4.18. The molecule has 0 aliphatic carbocycles. The summed E-state index contributed by atoms with van der Waals surface area (Å²) in [6.45, 7) is 6.07. The van der Waals surface area contributed by atoms with Crippen molar-refractivity contribution in [2.45, 2.75) is 37.6 Å². The van der Waals surface area contributed by atoms with Crippen molar-refractivity contribution in [2.24, 2.45) is 0 Å². The zero-order valence-electron chi connectivity index (χ0n) is 11.5. The molecule has 1 aromatic rings. The fourth-order valence-electron chi connectivity index (χ4n) is 1.52. The first-order valence-electron chi connectivity index (χ1n) is 6.16. The molecule has 1 aromatic carbocycles. The second-order valence-electron chi connectivity index (χ2n) is 5.35. The van der Waals surface area contributed by atoms with Gasteiger partial charge in [0.2, 0.25) is 5.91 Å². The third-order valence-electron chi connectivity index (χ3n) is 2.26. The monoisotopic (exact) mass is 280 g/mol. The van der Waals surface area contributed by atoms with E-state index in [2.05, 4.69) is 23.3 Å². The van der Waals surface area contributed by atoms with Crippen LogP contribution in [0.1, 0.15) is 37.6 Å². The summed E-state index contributed by atoms with van der Waals surface area (Å²) in [5.74, 6) is -0.268. The van der Waals surface area contributed by atoms with Gasteiger partial charge >= 0.3 is 0 Å². The number of rotatable bonds is 4. The molecule has 4 nitrogen and oxygen atoms in total. The summed E-state index contributed by atoms with van der Waals surface area (Å²) in [5, 5.41) is 5.55. The highest BCUT2D eigenvalue weighted by molar-refractivity contribution is 7.80. The van der Waals surface area contributed by atoms with E-state index in [9.17, 15) is 9.59 Å². The van der Waals surface area contributed by atoms with Gasteiger partial charge in [-0.2, -0.15) is 0 Å². The van der Waals surface area contributed by atoms with Crippen LogP contribution in [0.2, 0.25) is 0 Å². The topological polar surface area (TPSA) is 58.2 Å². The average molecular weight is 280 g/mol. The third kappa shape index (κ3) is 6.29. The molecule has 0 aromatic heterocycles. The number of hydrogen-bond donors (Lipinski definition) is 3. The molecule has 0 heterocycles. The van der Waals surface area contributed by atoms with Gasteiger partial charge in [0.25, 0.3) is 5.91 Å². The highest BCUT2D eigenvalue weighted by atomic mass is 32.1. The van der Waals surface area contributed by atoms with Crippen molar-refractivity contribution in [3.05, 3.63) is 29.8 Å². The smallest absolute Gasteiger partial charge is 0.251 e. The molecule has 104 valence electrons. The van der Waals surface area contributed by atoms with E-state index in [1.165, 1.54) is 0 Å². The second-order valence-corrected chi connectivity index (χ2v) is 5.87. The van der Waals surface area contributed by atoms with E-state index < -0.39 is 0 Å². The van der Waals surface area contributed by atoms with Crippen LogP contribution in [0.4, 0.5) is 0 Å². The van der Waals surface area contributed by atoms with E-state index in [1.54, 1.807) is 24.3 Å². The van der Waals surface area contributed by atoms with E-state index in [1.807, 2.05) is 20.8 Å².